The van der Waals surface area contributed by atoms with Gasteiger partial charge in [-0.25, -0.2) is 0 Å². The van der Waals surface area contributed by atoms with E-state index in [9.17, 15) is 5.11 Å². The van der Waals surface area contributed by atoms with E-state index in [4.69, 9.17) is 9.15 Å². The van der Waals surface area contributed by atoms with Gasteiger partial charge in [0.15, 0.2) is 0 Å². The fourth-order valence-corrected chi connectivity index (χ4v) is 2.84. The van der Waals surface area contributed by atoms with Gasteiger partial charge in [0.2, 0.25) is 0 Å². The Morgan fingerprint density at radius 2 is 1.84 bits per heavy atom. The molecule has 0 spiro atoms. The monoisotopic (exact) mass is 337 g/mol. The number of aliphatic hydroxyl groups is 1. The largest absolute Gasteiger partial charge is 0.497 e. The molecular weight excluding hydrogens is 314 g/mol. The van der Waals surface area contributed by atoms with Crippen molar-refractivity contribution in [3.63, 3.8) is 0 Å². The van der Waals surface area contributed by atoms with E-state index in [1.54, 1.807) is 7.11 Å². The number of methoxy groups -OCH3 is 1. The number of benzene rings is 2. The van der Waals surface area contributed by atoms with Crippen LogP contribution in [-0.2, 0) is 0 Å². The minimum absolute atomic E-state index is 0.0102. The lowest BCUT2D eigenvalue weighted by molar-refractivity contribution is 0.230. The van der Waals surface area contributed by atoms with Crippen LogP contribution in [0.25, 0.3) is 11.3 Å². The zero-order valence-corrected chi connectivity index (χ0v) is 14.5. The van der Waals surface area contributed by atoms with Gasteiger partial charge in [0.05, 0.1) is 25.8 Å². The van der Waals surface area contributed by atoms with Gasteiger partial charge in [-0.3, -0.25) is 5.32 Å². The molecule has 0 aliphatic carbocycles. The number of ether oxygens (including phenoxy) is 1. The molecule has 130 valence electrons. The molecule has 0 fully saturated rings. The Morgan fingerprint density at radius 1 is 1.04 bits per heavy atom. The second-order valence-electron chi connectivity index (χ2n) is 5.97. The molecule has 4 heteroatoms. The van der Waals surface area contributed by atoms with Gasteiger partial charge in [-0.05, 0) is 36.8 Å². The van der Waals surface area contributed by atoms with E-state index in [1.165, 1.54) is 0 Å². The average Bonchev–Trinajstić information content (AvgIpc) is 3.17. The Hall–Kier alpha value is -2.56. The molecule has 0 radical (unpaired) electrons. The van der Waals surface area contributed by atoms with E-state index in [0.29, 0.717) is 0 Å². The van der Waals surface area contributed by atoms with Crippen LogP contribution in [-0.4, -0.2) is 18.8 Å². The summed E-state index contributed by atoms with van der Waals surface area (Å²) in [7, 11) is 1.64. The molecule has 3 aromatic rings. The number of furan rings is 1. The Kier molecular flexibility index (Phi) is 5.53. The van der Waals surface area contributed by atoms with Gasteiger partial charge >= 0.3 is 0 Å². The molecule has 2 N–H and O–H groups in total. The van der Waals surface area contributed by atoms with Crippen molar-refractivity contribution < 1.29 is 14.3 Å². The van der Waals surface area contributed by atoms with E-state index in [2.05, 4.69) is 5.32 Å². The SMILES string of the molecule is COc1cccc(C(CO)NC(C)c2ccc(-c3ccccc3)o2)c1. The highest BCUT2D eigenvalue weighted by molar-refractivity contribution is 5.57. The Morgan fingerprint density at radius 3 is 2.56 bits per heavy atom. The van der Waals surface area contributed by atoms with Crippen molar-refractivity contribution in [1.82, 2.24) is 5.32 Å². The third-order valence-corrected chi connectivity index (χ3v) is 4.24. The normalized spacial score (nSPS) is 13.4. The van der Waals surface area contributed by atoms with Crippen LogP contribution in [0.3, 0.4) is 0 Å². The molecule has 1 aromatic heterocycles. The highest BCUT2D eigenvalue weighted by Gasteiger charge is 2.18. The van der Waals surface area contributed by atoms with Gasteiger partial charge in [-0.2, -0.15) is 0 Å². The summed E-state index contributed by atoms with van der Waals surface area (Å²) < 4.78 is 11.3. The van der Waals surface area contributed by atoms with E-state index in [0.717, 1.165) is 28.4 Å². The fraction of sp³-hybridized carbons (Fsp3) is 0.238. The van der Waals surface area contributed by atoms with Crippen molar-refractivity contribution in [3.8, 4) is 17.1 Å². The van der Waals surface area contributed by atoms with Crippen LogP contribution in [0.1, 0.15) is 30.3 Å². The summed E-state index contributed by atoms with van der Waals surface area (Å²) in [5, 5.41) is 13.2. The molecular formula is C21H23NO3. The maximum Gasteiger partial charge on any atom is 0.134 e. The van der Waals surface area contributed by atoms with E-state index >= 15 is 0 Å². The lowest BCUT2D eigenvalue weighted by atomic mass is 10.1. The lowest BCUT2D eigenvalue weighted by Crippen LogP contribution is -2.27. The van der Waals surface area contributed by atoms with Crippen molar-refractivity contribution in [2.75, 3.05) is 13.7 Å². The third kappa shape index (κ3) is 4.10. The molecule has 2 unspecified atom stereocenters. The van der Waals surface area contributed by atoms with Crippen molar-refractivity contribution >= 4 is 0 Å². The fourth-order valence-electron chi connectivity index (χ4n) is 2.84. The molecule has 2 atom stereocenters. The number of aliphatic hydroxyl groups excluding tert-OH is 1. The van der Waals surface area contributed by atoms with Crippen molar-refractivity contribution in [3.05, 3.63) is 78.1 Å². The van der Waals surface area contributed by atoms with Gasteiger partial charge in [-0.1, -0.05) is 42.5 Å². The van der Waals surface area contributed by atoms with Crippen molar-refractivity contribution in [2.24, 2.45) is 0 Å². The highest BCUT2D eigenvalue weighted by Crippen LogP contribution is 2.27. The minimum atomic E-state index is -0.199. The van der Waals surface area contributed by atoms with Crippen LogP contribution in [0.5, 0.6) is 5.75 Å². The molecule has 0 amide bonds. The molecule has 0 bridgehead atoms. The van der Waals surface area contributed by atoms with E-state index in [-0.39, 0.29) is 18.7 Å². The van der Waals surface area contributed by atoms with Crippen LogP contribution < -0.4 is 10.1 Å². The predicted molar refractivity (Wildman–Crippen MR) is 98.5 cm³/mol. The Balaban J connectivity index is 1.74. The van der Waals surface area contributed by atoms with Gasteiger partial charge < -0.3 is 14.3 Å². The zero-order valence-electron chi connectivity index (χ0n) is 14.5. The van der Waals surface area contributed by atoms with Crippen LogP contribution in [0.2, 0.25) is 0 Å². The number of rotatable bonds is 7. The Labute approximate surface area is 148 Å². The van der Waals surface area contributed by atoms with Crippen LogP contribution >= 0.6 is 0 Å². The summed E-state index contributed by atoms with van der Waals surface area (Å²) in [6, 6.07) is 21.4. The first kappa shape index (κ1) is 17.3. The number of nitrogens with one attached hydrogen (secondary N) is 1. The molecule has 0 aliphatic rings. The van der Waals surface area contributed by atoms with Crippen molar-refractivity contribution in [2.45, 2.75) is 19.0 Å². The lowest BCUT2D eigenvalue weighted by Gasteiger charge is -2.21. The van der Waals surface area contributed by atoms with Crippen molar-refractivity contribution in [1.29, 1.82) is 0 Å². The van der Waals surface area contributed by atoms with Gasteiger partial charge in [0.1, 0.15) is 17.3 Å². The topological polar surface area (TPSA) is 54.6 Å². The predicted octanol–water partition coefficient (Wildman–Crippen LogP) is 4.34. The number of hydrogen-bond acceptors (Lipinski definition) is 4. The molecule has 2 aromatic carbocycles. The molecule has 25 heavy (non-hydrogen) atoms. The first-order valence-electron chi connectivity index (χ1n) is 8.37. The molecule has 1 heterocycles. The molecule has 0 saturated heterocycles. The summed E-state index contributed by atoms with van der Waals surface area (Å²) in [5.41, 5.74) is 2.02. The van der Waals surface area contributed by atoms with Gasteiger partial charge in [0, 0.05) is 5.56 Å². The maximum absolute atomic E-state index is 9.79. The quantitative estimate of drug-likeness (QED) is 0.673. The summed E-state index contributed by atoms with van der Waals surface area (Å²) >= 11 is 0. The summed E-state index contributed by atoms with van der Waals surface area (Å²) in [4.78, 5) is 0. The second-order valence-corrected chi connectivity index (χ2v) is 5.97. The standard InChI is InChI=1S/C21H23NO3/c1-15(20-11-12-21(25-20)16-7-4-3-5-8-16)22-19(14-23)17-9-6-10-18(13-17)24-2/h3-13,15,19,22-23H,14H2,1-2H3. The van der Waals surface area contributed by atoms with Gasteiger partial charge in [-0.15, -0.1) is 0 Å². The molecule has 4 nitrogen and oxygen atoms in total. The molecule has 0 aliphatic heterocycles. The minimum Gasteiger partial charge on any atom is -0.497 e. The highest BCUT2D eigenvalue weighted by atomic mass is 16.5. The summed E-state index contributed by atoms with van der Waals surface area (Å²) in [6.07, 6.45) is 0. The van der Waals surface area contributed by atoms with E-state index < -0.39 is 0 Å². The maximum atomic E-state index is 9.79. The number of hydrogen-bond donors (Lipinski definition) is 2. The smallest absolute Gasteiger partial charge is 0.134 e. The summed E-state index contributed by atoms with van der Waals surface area (Å²) in [6.45, 7) is 2.01. The van der Waals surface area contributed by atoms with Crippen LogP contribution in [0, 0.1) is 0 Å². The molecule has 3 rings (SSSR count). The first-order valence-corrected chi connectivity index (χ1v) is 8.37. The first-order chi connectivity index (χ1) is 12.2. The average molecular weight is 337 g/mol. The molecule has 0 saturated carbocycles. The third-order valence-electron chi connectivity index (χ3n) is 4.24. The van der Waals surface area contributed by atoms with Crippen LogP contribution in [0.15, 0.2) is 71.1 Å². The zero-order chi connectivity index (χ0) is 17.6. The van der Waals surface area contributed by atoms with Crippen LogP contribution in [0.4, 0.5) is 0 Å². The second kappa shape index (κ2) is 8.01. The Bertz CT molecular complexity index is 798. The van der Waals surface area contributed by atoms with Gasteiger partial charge in [0.25, 0.3) is 0 Å². The van der Waals surface area contributed by atoms with E-state index in [1.807, 2.05) is 73.7 Å². The summed E-state index contributed by atoms with van der Waals surface area (Å²) in [5.74, 6) is 2.45.